The highest BCUT2D eigenvalue weighted by Crippen LogP contribution is 2.38. The van der Waals surface area contributed by atoms with Crippen LogP contribution in [0.15, 0.2) is 30.3 Å². The van der Waals surface area contributed by atoms with Crippen LogP contribution in [0.3, 0.4) is 0 Å². The normalized spacial score (nSPS) is 13.4. The number of nitrogens with zero attached hydrogens (tertiary/aromatic N) is 1. The topological polar surface area (TPSA) is 48.0 Å². The standard InChI is InChI=1S/C21H21F2NO4/c1-26-17-9-13(10-18(27-2)21(17)28-3)6-7-19(25)24-8-4-5-14-11-15(22)12-16(23)20(14)24/h6-7,9-12H,4-5,8H2,1-3H3. The van der Waals surface area contributed by atoms with E-state index in [2.05, 4.69) is 0 Å². The van der Waals surface area contributed by atoms with Gasteiger partial charge < -0.3 is 19.1 Å². The van der Waals surface area contributed by atoms with Crippen LogP contribution in [0.5, 0.6) is 17.2 Å². The highest BCUT2D eigenvalue weighted by atomic mass is 19.1. The number of benzene rings is 2. The predicted molar refractivity (Wildman–Crippen MR) is 102 cm³/mol. The molecule has 1 heterocycles. The molecule has 0 aromatic heterocycles. The van der Waals surface area contributed by atoms with Gasteiger partial charge in [0, 0.05) is 18.7 Å². The van der Waals surface area contributed by atoms with Crippen molar-refractivity contribution in [3.63, 3.8) is 0 Å². The minimum atomic E-state index is -0.732. The maximum absolute atomic E-state index is 14.3. The van der Waals surface area contributed by atoms with Crippen LogP contribution in [0.2, 0.25) is 0 Å². The third-order valence-electron chi connectivity index (χ3n) is 4.58. The number of halogens is 2. The van der Waals surface area contributed by atoms with Gasteiger partial charge in [0.1, 0.15) is 11.6 Å². The molecule has 2 aromatic rings. The van der Waals surface area contributed by atoms with E-state index in [9.17, 15) is 13.6 Å². The van der Waals surface area contributed by atoms with Crippen LogP contribution in [0.25, 0.3) is 6.08 Å². The SMILES string of the molecule is COc1cc(C=CC(=O)N2CCCc3cc(F)cc(F)c32)cc(OC)c1OC. The number of hydrogen-bond acceptors (Lipinski definition) is 4. The lowest BCUT2D eigenvalue weighted by Crippen LogP contribution is -2.35. The van der Waals surface area contributed by atoms with Gasteiger partial charge in [0.25, 0.3) is 5.91 Å². The van der Waals surface area contributed by atoms with Crippen molar-refractivity contribution < 1.29 is 27.8 Å². The molecule has 1 aliphatic heterocycles. The molecule has 0 saturated carbocycles. The summed E-state index contributed by atoms with van der Waals surface area (Å²) >= 11 is 0. The molecule has 0 aliphatic carbocycles. The average molecular weight is 389 g/mol. The Balaban J connectivity index is 1.90. The minimum Gasteiger partial charge on any atom is -0.493 e. The average Bonchev–Trinajstić information content (AvgIpc) is 2.70. The van der Waals surface area contributed by atoms with Gasteiger partial charge >= 0.3 is 0 Å². The number of methoxy groups -OCH3 is 3. The highest BCUT2D eigenvalue weighted by Gasteiger charge is 2.25. The summed E-state index contributed by atoms with van der Waals surface area (Å²) in [4.78, 5) is 14.0. The molecule has 0 spiro atoms. The maximum Gasteiger partial charge on any atom is 0.251 e. The van der Waals surface area contributed by atoms with Crippen molar-refractivity contribution in [1.29, 1.82) is 0 Å². The Morgan fingerprint density at radius 3 is 2.32 bits per heavy atom. The van der Waals surface area contributed by atoms with Crippen molar-refractivity contribution in [2.75, 3.05) is 32.8 Å². The summed E-state index contributed by atoms with van der Waals surface area (Å²) in [6.45, 7) is 0.369. The monoisotopic (exact) mass is 389 g/mol. The number of fused-ring (bicyclic) bond motifs is 1. The maximum atomic E-state index is 14.3. The zero-order chi connectivity index (χ0) is 20.3. The van der Waals surface area contributed by atoms with Gasteiger partial charge in [-0.3, -0.25) is 4.79 Å². The van der Waals surface area contributed by atoms with Crippen molar-refractivity contribution in [2.24, 2.45) is 0 Å². The summed E-state index contributed by atoms with van der Waals surface area (Å²) in [6.07, 6.45) is 4.10. The zero-order valence-corrected chi connectivity index (χ0v) is 15.9. The molecule has 1 aliphatic rings. The first kappa shape index (κ1) is 19.7. The molecule has 5 nitrogen and oxygen atoms in total. The Morgan fingerprint density at radius 2 is 1.71 bits per heavy atom. The summed E-state index contributed by atoms with van der Waals surface area (Å²) in [5, 5.41) is 0. The van der Waals surface area contributed by atoms with E-state index < -0.39 is 11.6 Å². The number of ether oxygens (including phenoxy) is 3. The van der Waals surface area contributed by atoms with Gasteiger partial charge in [0.05, 0.1) is 27.0 Å². The fraction of sp³-hybridized carbons (Fsp3) is 0.286. The van der Waals surface area contributed by atoms with Gasteiger partial charge in [-0.25, -0.2) is 8.78 Å². The Hall–Kier alpha value is -3.09. The summed E-state index contributed by atoms with van der Waals surface area (Å²) in [6, 6.07) is 5.48. The lowest BCUT2D eigenvalue weighted by atomic mass is 10.0. The quantitative estimate of drug-likeness (QED) is 0.726. The first-order valence-electron chi connectivity index (χ1n) is 8.76. The molecule has 0 bridgehead atoms. The van der Waals surface area contributed by atoms with Crippen LogP contribution < -0.4 is 19.1 Å². The molecule has 28 heavy (non-hydrogen) atoms. The van der Waals surface area contributed by atoms with Gasteiger partial charge in [0.15, 0.2) is 11.5 Å². The van der Waals surface area contributed by atoms with Gasteiger partial charge in [-0.1, -0.05) is 0 Å². The molecule has 3 rings (SSSR count). The molecular formula is C21H21F2NO4. The van der Waals surface area contributed by atoms with Crippen LogP contribution in [-0.2, 0) is 11.2 Å². The molecule has 0 N–H and O–H groups in total. The van der Waals surface area contributed by atoms with Crippen molar-refractivity contribution in [2.45, 2.75) is 12.8 Å². The third-order valence-corrected chi connectivity index (χ3v) is 4.58. The number of aryl methyl sites for hydroxylation is 1. The van der Waals surface area contributed by atoms with E-state index in [1.807, 2.05) is 0 Å². The second-order valence-corrected chi connectivity index (χ2v) is 6.28. The van der Waals surface area contributed by atoms with Gasteiger partial charge in [0.2, 0.25) is 5.75 Å². The van der Waals surface area contributed by atoms with E-state index in [-0.39, 0.29) is 11.6 Å². The molecule has 148 valence electrons. The Kier molecular flexibility index (Phi) is 5.82. The molecule has 7 heteroatoms. The summed E-state index contributed by atoms with van der Waals surface area (Å²) in [5.74, 6) is -0.400. The first-order chi connectivity index (χ1) is 13.5. The van der Waals surface area contributed by atoms with E-state index in [0.29, 0.717) is 47.8 Å². The van der Waals surface area contributed by atoms with E-state index in [4.69, 9.17) is 14.2 Å². The molecule has 0 atom stereocenters. The molecule has 0 fully saturated rings. The van der Waals surface area contributed by atoms with Gasteiger partial charge in [-0.15, -0.1) is 0 Å². The van der Waals surface area contributed by atoms with Crippen molar-refractivity contribution in [1.82, 2.24) is 0 Å². The van der Waals surface area contributed by atoms with E-state index in [0.717, 1.165) is 6.07 Å². The number of carbonyl (C=O) groups excluding carboxylic acids is 1. The molecular weight excluding hydrogens is 368 g/mol. The largest absolute Gasteiger partial charge is 0.493 e. The molecule has 1 amide bonds. The van der Waals surface area contributed by atoms with E-state index in [1.54, 1.807) is 18.2 Å². The Morgan fingerprint density at radius 1 is 1.04 bits per heavy atom. The number of rotatable bonds is 5. The zero-order valence-electron chi connectivity index (χ0n) is 15.9. The van der Waals surface area contributed by atoms with Crippen LogP contribution in [-0.4, -0.2) is 33.8 Å². The van der Waals surface area contributed by atoms with Crippen molar-refractivity contribution in [3.8, 4) is 17.2 Å². The highest BCUT2D eigenvalue weighted by molar-refractivity contribution is 6.04. The second-order valence-electron chi connectivity index (χ2n) is 6.28. The molecule has 0 radical (unpaired) electrons. The summed E-state index contributed by atoms with van der Waals surface area (Å²) in [5.41, 5.74) is 1.30. The molecule has 0 saturated heterocycles. The smallest absolute Gasteiger partial charge is 0.251 e. The fourth-order valence-corrected chi connectivity index (χ4v) is 3.33. The van der Waals surface area contributed by atoms with Crippen molar-refractivity contribution >= 4 is 17.7 Å². The van der Waals surface area contributed by atoms with Crippen LogP contribution >= 0.6 is 0 Å². The second kappa shape index (κ2) is 8.29. The Bertz CT molecular complexity index is 902. The lowest BCUT2D eigenvalue weighted by molar-refractivity contribution is -0.114. The number of carbonyl (C=O) groups is 1. The minimum absolute atomic E-state index is 0.146. The van der Waals surface area contributed by atoms with Gasteiger partial charge in [-0.05, 0) is 48.2 Å². The summed E-state index contributed by atoms with van der Waals surface area (Å²) < 4.78 is 43.6. The predicted octanol–water partition coefficient (Wildman–Crippen LogP) is 3.98. The van der Waals surface area contributed by atoms with Crippen LogP contribution in [0, 0.1) is 11.6 Å². The fourth-order valence-electron chi connectivity index (χ4n) is 3.33. The van der Waals surface area contributed by atoms with Crippen molar-refractivity contribution in [3.05, 3.63) is 53.1 Å². The van der Waals surface area contributed by atoms with Crippen LogP contribution in [0.1, 0.15) is 17.5 Å². The third kappa shape index (κ3) is 3.78. The van der Waals surface area contributed by atoms with Crippen LogP contribution in [0.4, 0.5) is 14.5 Å². The lowest BCUT2D eigenvalue weighted by Gasteiger charge is -2.29. The molecule has 2 aromatic carbocycles. The number of hydrogen-bond donors (Lipinski definition) is 0. The van der Waals surface area contributed by atoms with E-state index in [1.165, 1.54) is 38.4 Å². The molecule has 0 unspecified atom stereocenters. The van der Waals surface area contributed by atoms with Gasteiger partial charge in [-0.2, -0.15) is 0 Å². The summed E-state index contributed by atoms with van der Waals surface area (Å²) in [7, 11) is 4.51. The Labute approximate surface area is 162 Å². The first-order valence-corrected chi connectivity index (χ1v) is 8.76. The van der Waals surface area contributed by atoms with E-state index >= 15 is 0 Å². The number of anilines is 1. The number of amides is 1.